The highest BCUT2D eigenvalue weighted by molar-refractivity contribution is 5.75. The molecule has 5 aromatic rings. The fraction of sp³-hybridized carbons (Fsp3) is 0.409. The second-order valence-corrected chi connectivity index (χ2v) is 16.0. The van der Waals surface area contributed by atoms with Crippen molar-refractivity contribution in [2.45, 2.75) is 89.2 Å². The number of para-hydroxylation sites is 2. The van der Waals surface area contributed by atoms with Crippen LogP contribution in [0.5, 0.6) is 0 Å². The lowest BCUT2D eigenvalue weighted by atomic mass is 9.53. The van der Waals surface area contributed by atoms with Crippen LogP contribution in [0.15, 0.2) is 103 Å². The van der Waals surface area contributed by atoms with Crippen LogP contribution in [0.4, 0.5) is 4.79 Å². The molecule has 4 aromatic carbocycles. The molecular formula is C44H48N4O4. The largest absolute Gasteiger partial charge is 0.392 e. The van der Waals surface area contributed by atoms with Crippen molar-refractivity contribution in [3.63, 3.8) is 0 Å². The number of hydrogen-bond acceptors (Lipinski definition) is 5. The van der Waals surface area contributed by atoms with E-state index >= 15 is 0 Å². The lowest BCUT2D eigenvalue weighted by molar-refractivity contribution is -0.276. The first-order chi connectivity index (χ1) is 25.4. The van der Waals surface area contributed by atoms with E-state index in [1.807, 2.05) is 36.7 Å². The number of nitrogens with one attached hydrogen (secondary N) is 2. The number of benzene rings is 4. The summed E-state index contributed by atoms with van der Waals surface area (Å²) >= 11 is 0. The minimum atomic E-state index is -0.586. The average molecular weight is 697 g/mol. The molecule has 4 unspecified atom stereocenters. The van der Waals surface area contributed by atoms with Crippen molar-refractivity contribution in [1.82, 2.24) is 20.2 Å². The van der Waals surface area contributed by atoms with Gasteiger partial charge in [-0.3, -0.25) is 0 Å². The fourth-order valence-electron chi connectivity index (χ4n) is 10.1. The van der Waals surface area contributed by atoms with Gasteiger partial charge in [0, 0.05) is 23.6 Å². The summed E-state index contributed by atoms with van der Waals surface area (Å²) in [4.78, 5) is 17.8. The molecule has 4 bridgehead atoms. The molecule has 1 saturated heterocycles. The Morgan fingerprint density at radius 1 is 0.827 bits per heavy atom. The summed E-state index contributed by atoms with van der Waals surface area (Å²) in [5.74, 6) is 2.42. The number of aliphatic hydroxyl groups is 1. The van der Waals surface area contributed by atoms with Crippen LogP contribution in [0, 0.1) is 23.7 Å². The third-order valence-corrected chi connectivity index (χ3v) is 12.3. The third-order valence-electron chi connectivity index (χ3n) is 12.3. The number of ether oxygens (including phenoxy) is 2. The molecule has 0 radical (unpaired) electrons. The van der Waals surface area contributed by atoms with Gasteiger partial charge < -0.3 is 29.8 Å². The standard InChI is InChI=1S/C44H48N4O4/c1-28-40(25-48-27-46-38-10-2-3-11-39(38)48)51-42(52-41(28)34-14-12-29(26-49)13-15-34)37-9-5-8-36(20-37)35-7-4-6-30(19-35)24-45-43(50)47-44-21-31-16-32(22-44)18-33(17-31)23-44/h2-15,19-20,27-28,31-33,40-42,49H,16-18,21-26H2,1H3,(H2,45,47,50). The molecule has 4 saturated carbocycles. The molecule has 52 heavy (non-hydrogen) atoms. The number of aromatic nitrogens is 2. The Labute approximate surface area is 305 Å². The quantitative estimate of drug-likeness (QED) is 0.144. The van der Waals surface area contributed by atoms with Crippen molar-refractivity contribution in [1.29, 1.82) is 0 Å². The predicted octanol–water partition coefficient (Wildman–Crippen LogP) is 8.46. The lowest BCUT2D eigenvalue weighted by Crippen LogP contribution is -2.61. The summed E-state index contributed by atoms with van der Waals surface area (Å²) in [6.07, 6.45) is 8.45. The summed E-state index contributed by atoms with van der Waals surface area (Å²) in [7, 11) is 0. The first-order valence-corrected chi connectivity index (χ1v) is 19.1. The molecule has 2 heterocycles. The molecular weight excluding hydrogens is 649 g/mol. The van der Waals surface area contributed by atoms with Gasteiger partial charge in [0.15, 0.2) is 6.29 Å². The maximum atomic E-state index is 13.2. The number of nitrogens with zero attached hydrogens (tertiary/aromatic N) is 2. The van der Waals surface area contributed by atoms with Gasteiger partial charge in [-0.15, -0.1) is 0 Å². The van der Waals surface area contributed by atoms with Gasteiger partial charge >= 0.3 is 6.03 Å². The van der Waals surface area contributed by atoms with Gasteiger partial charge in [0.1, 0.15) is 0 Å². The van der Waals surface area contributed by atoms with E-state index in [2.05, 4.69) is 93.8 Å². The van der Waals surface area contributed by atoms with E-state index in [0.29, 0.717) is 13.1 Å². The summed E-state index contributed by atoms with van der Waals surface area (Å²) < 4.78 is 15.8. The number of aliphatic hydroxyl groups excluding tert-OH is 1. The van der Waals surface area contributed by atoms with Crippen LogP contribution in [0.25, 0.3) is 22.2 Å². The Bertz CT molecular complexity index is 2020. The summed E-state index contributed by atoms with van der Waals surface area (Å²) in [5, 5.41) is 16.3. The Kier molecular flexibility index (Phi) is 8.85. The van der Waals surface area contributed by atoms with Crippen molar-refractivity contribution >= 4 is 17.1 Å². The number of rotatable bonds is 9. The second kappa shape index (κ2) is 13.8. The molecule has 8 nitrogen and oxygen atoms in total. The zero-order chi connectivity index (χ0) is 35.2. The van der Waals surface area contributed by atoms with Gasteiger partial charge in [0.25, 0.3) is 0 Å². The van der Waals surface area contributed by atoms with Gasteiger partial charge in [-0.25, -0.2) is 9.78 Å². The molecule has 1 aromatic heterocycles. The summed E-state index contributed by atoms with van der Waals surface area (Å²) in [6.45, 7) is 3.30. The van der Waals surface area contributed by atoms with Crippen molar-refractivity contribution < 1.29 is 19.4 Å². The van der Waals surface area contributed by atoms with Crippen molar-refractivity contribution in [3.8, 4) is 11.1 Å². The van der Waals surface area contributed by atoms with Crippen LogP contribution in [-0.4, -0.2) is 32.3 Å². The smallest absolute Gasteiger partial charge is 0.315 e. The molecule has 5 fully saturated rings. The summed E-state index contributed by atoms with van der Waals surface area (Å²) in [5.41, 5.74) is 8.10. The van der Waals surface area contributed by atoms with Crippen LogP contribution >= 0.6 is 0 Å². The zero-order valence-electron chi connectivity index (χ0n) is 29.8. The van der Waals surface area contributed by atoms with Crippen LogP contribution in [0.1, 0.15) is 80.1 Å². The van der Waals surface area contributed by atoms with Crippen LogP contribution in [0.3, 0.4) is 0 Å². The number of carbonyl (C=O) groups excluding carboxylic acids is 1. The maximum Gasteiger partial charge on any atom is 0.315 e. The van der Waals surface area contributed by atoms with Crippen LogP contribution < -0.4 is 10.6 Å². The number of imidazole rings is 1. The Hall–Kier alpha value is -4.50. The van der Waals surface area contributed by atoms with E-state index in [9.17, 15) is 9.90 Å². The van der Waals surface area contributed by atoms with Crippen molar-refractivity contribution in [2.24, 2.45) is 23.7 Å². The molecule has 10 rings (SSSR count). The molecule has 2 amide bonds. The topological polar surface area (TPSA) is 97.6 Å². The molecule has 3 N–H and O–H groups in total. The molecule has 5 aliphatic rings. The number of amides is 2. The molecule has 8 heteroatoms. The Morgan fingerprint density at radius 2 is 1.54 bits per heavy atom. The van der Waals surface area contributed by atoms with Crippen LogP contribution in [0.2, 0.25) is 0 Å². The highest BCUT2D eigenvalue weighted by atomic mass is 16.7. The Morgan fingerprint density at radius 3 is 2.29 bits per heavy atom. The minimum absolute atomic E-state index is 0.00249. The monoisotopic (exact) mass is 696 g/mol. The minimum Gasteiger partial charge on any atom is -0.392 e. The fourth-order valence-corrected chi connectivity index (χ4v) is 10.1. The average Bonchev–Trinajstić information content (AvgIpc) is 3.57. The maximum absolute atomic E-state index is 13.2. The number of fused-ring (bicyclic) bond motifs is 1. The predicted molar refractivity (Wildman–Crippen MR) is 201 cm³/mol. The van der Waals surface area contributed by atoms with E-state index in [0.717, 1.165) is 81.4 Å². The zero-order valence-corrected chi connectivity index (χ0v) is 29.8. The molecule has 1 aliphatic heterocycles. The highest BCUT2D eigenvalue weighted by Crippen LogP contribution is 2.55. The van der Waals surface area contributed by atoms with E-state index in [1.54, 1.807) is 0 Å². The Balaban J connectivity index is 0.926. The highest BCUT2D eigenvalue weighted by Gasteiger charge is 2.51. The number of carbonyl (C=O) groups is 1. The van der Waals surface area contributed by atoms with Gasteiger partial charge in [-0.2, -0.15) is 0 Å². The van der Waals surface area contributed by atoms with E-state index in [1.165, 1.54) is 19.3 Å². The molecule has 4 aliphatic carbocycles. The van der Waals surface area contributed by atoms with Crippen molar-refractivity contribution in [3.05, 3.63) is 126 Å². The molecule has 268 valence electrons. The van der Waals surface area contributed by atoms with E-state index in [4.69, 9.17) is 9.47 Å². The summed E-state index contributed by atoms with van der Waals surface area (Å²) in [6, 6.07) is 33.0. The first-order valence-electron chi connectivity index (χ1n) is 19.1. The van der Waals surface area contributed by atoms with E-state index in [-0.39, 0.29) is 36.3 Å². The number of urea groups is 1. The first kappa shape index (κ1) is 33.3. The SMILES string of the molecule is CC1C(Cn2cnc3ccccc32)OC(c2cccc(-c3cccc(CNC(=O)NC45CC6CC(CC(C6)C4)C5)c3)c2)OC1c1ccc(CO)cc1. The van der Waals surface area contributed by atoms with Gasteiger partial charge in [0.05, 0.1) is 42.7 Å². The van der Waals surface area contributed by atoms with Crippen molar-refractivity contribution in [2.75, 3.05) is 0 Å². The second-order valence-electron chi connectivity index (χ2n) is 16.0. The van der Waals surface area contributed by atoms with Gasteiger partial charge in [-0.05, 0) is 108 Å². The van der Waals surface area contributed by atoms with Crippen LogP contribution in [-0.2, 0) is 29.2 Å². The lowest BCUT2D eigenvalue weighted by Gasteiger charge is -2.56. The number of hydrogen-bond donors (Lipinski definition) is 3. The normalized spacial score (nSPS) is 29.3. The van der Waals surface area contributed by atoms with Gasteiger partial charge in [-0.1, -0.05) is 79.7 Å². The van der Waals surface area contributed by atoms with Gasteiger partial charge in [0.2, 0.25) is 0 Å². The van der Waals surface area contributed by atoms with E-state index < -0.39 is 6.29 Å². The molecule has 0 spiro atoms. The third kappa shape index (κ3) is 6.64. The molecule has 4 atom stereocenters.